The van der Waals surface area contributed by atoms with Crippen LogP contribution in [-0.2, 0) is 6.54 Å². The van der Waals surface area contributed by atoms with E-state index in [1.165, 1.54) is 25.4 Å². The van der Waals surface area contributed by atoms with Crippen molar-refractivity contribution in [1.82, 2.24) is 4.57 Å². The molecule has 0 N–H and O–H groups in total. The van der Waals surface area contributed by atoms with Gasteiger partial charge in [-0.05, 0) is 62.4 Å². The van der Waals surface area contributed by atoms with Gasteiger partial charge in [0.15, 0.2) is 0 Å². The largest absolute Gasteiger partial charge is 0.346 e. The zero-order chi connectivity index (χ0) is 11.9. The number of halogens is 2. The van der Waals surface area contributed by atoms with Crippen molar-refractivity contribution in [3.05, 3.63) is 32.8 Å². The molecule has 1 heterocycles. The van der Waals surface area contributed by atoms with Crippen LogP contribution in [0.15, 0.2) is 27.3 Å². The minimum absolute atomic E-state index is 0.553. The van der Waals surface area contributed by atoms with Crippen LogP contribution in [0.4, 0.5) is 0 Å². The summed E-state index contributed by atoms with van der Waals surface area (Å²) in [6.45, 7) is 7.59. The van der Waals surface area contributed by atoms with E-state index in [0.29, 0.717) is 5.92 Å². The summed E-state index contributed by atoms with van der Waals surface area (Å²) in [4.78, 5) is 0. The van der Waals surface area contributed by atoms with Crippen molar-refractivity contribution in [3.8, 4) is 0 Å². The molecular weight excluding hydrogens is 330 g/mol. The fraction of sp³-hybridized carbons (Fsp3) is 0.385. The first-order valence-corrected chi connectivity index (χ1v) is 7.11. The molecule has 0 aliphatic carbocycles. The number of aryl methyl sites for hydroxylation is 1. The number of benzene rings is 1. The zero-order valence-corrected chi connectivity index (χ0v) is 12.9. The average molecular weight is 345 g/mol. The monoisotopic (exact) mass is 343 g/mol. The third-order valence-electron chi connectivity index (χ3n) is 2.91. The van der Waals surface area contributed by atoms with E-state index >= 15 is 0 Å². The lowest BCUT2D eigenvalue weighted by Gasteiger charge is -2.09. The van der Waals surface area contributed by atoms with Crippen LogP contribution in [0, 0.1) is 0 Å². The Kier molecular flexibility index (Phi) is 3.45. The van der Waals surface area contributed by atoms with Crippen LogP contribution in [0.1, 0.15) is 32.3 Å². The molecule has 16 heavy (non-hydrogen) atoms. The maximum Gasteiger partial charge on any atom is 0.0636 e. The molecule has 0 saturated heterocycles. The first-order chi connectivity index (χ1) is 7.54. The highest BCUT2D eigenvalue weighted by molar-refractivity contribution is 9.11. The van der Waals surface area contributed by atoms with Gasteiger partial charge < -0.3 is 4.57 Å². The first kappa shape index (κ1) is 12.2. The highest BCUT2D eigenvalue weighted by Gasteiger charge is 2.11. The lowest BCUT2D eigenvalue weighted by atomic mass is 10.0. The Morgan fingerprint density at radius 2 is 1.88 bits per heavy atom. The van der Waals surface area contributed by atoms with Gasteiger partial charge in [0.2, 0.25) is 0 Å². The minimum Gasteiger partial charge on any atom is -0.346 e. The summed E-state index contributed by atoms with van der Waals surface area (Å²) in [7, 11) is 0. The second-order valence-corrected chi connectivity index (χ2v) is 6.03. The molecule has 2 aromatic rings. The number of aromatic nitrogens is 1. The Labute approximate surface area is 113 Å². The Balaban J connectivity index is 2.78. The maximum atomic E-state index is 3.68. The van der Waals surface area contributed by atoms with Gasteiger partial charge in [0.25, 0.3) is 0 Å². The molecule has 3 heteroatoms. The highest BCUT2D eigenvalue weighted by Crippen LogP contribution is 2.34. The van der Waals surface area contributed by atoms with E-state index in [9.17, 15) is 0 Å². The molecule has 0 bridgehead atoms. The van der Waals surface area contributed by atoms with Crippen LogP contribution in [0.5, 0.6) is 0 Å². The minimum atomic E-state index is 0.553. The fourth-order valence-electron chi connectivity index (χ4n) is 1.95. The van der Waals surface area contributed by atoms with Crippen molar-refractivity contribution in [2.24, 2.45) is 0 Å². The molecule has 1 nitrogen and oxygen atoms in total. The van der Waals surface area contributed by atoms with E-state index in [1.807, 2.05) is 0 Å². The number of fused-ring (bicyclic) bond motifs is 1. The van der Waals surface area contributed by atoms with Gasteiger partial charge in [-0.2, -0.15) is 0 Å². The molecule has 0 fully saturated rings. The molecule has 1 aromatic carbocycles. The van der Waals surface area contributed by atoms with Gasteiger partial charge >= 0.3 is 0 Å². The quantitative estimate of drug-likeness (QED) is 0.695. The third kappa shape index (κ3) is 1.95. The van der Waals surface area contributed by atoms with E-state index in [4.69, 9.17) is 0 Å². The Bertz CT molecular complexity index is 526. The first-order valence-electron chi connectivity index (χ1n) is 5.52. The van der Waals surface area contributed by atoms with Crippen molar-refractivity contribution in [2.75, 3.05) is 0 Å². The third-order valence-corrected chi connectivity index (χ3v) is 4.14. The summed E-state index contributed by atoms with van der Waals surface area (Å²) in [6.07, 6.45) is 2.15. The van der Waals surface area contributed by atoms with Crippen LogP contribution in [0.3, 0.4) is 0 Å². The standard InChI is InChI=1S/C13H15Br2N/c1-4-16-7-12(15)10-5-9(8(2)3)6-11(14)13(10)16/h5-8H,4H2,1-3H3. The van der Waals surface area contributed by atoms with Crippen molar-refractivity contribution < 1.29 is 0 Å². The summed E-state index contributed by atoms with van der Waals surface area (Å²) in [5, 5.41) is 1.29. The number of nitrogens with zero attached hydrogens (tertiary/aromatic N) is 1. The van der Waals surface area contributed by atoms with Crippen molar-refractivity contribution >= 4 is 42.8 Å². The van der Waals surface area contributed by atoms with E-state index in [-0.39, 0.29) is 0 Å². The molecule has 0 aliphatic heterocycles. The van der Waals surface area contributed by atoms with Crippen LogP contribution in [0.2, 0.25) is 0 Å². The second kappa shape index (κ2) is 4.53. The Morgan fingerprint density at radius 3 is 2.44 bits per heavy atom. The van der Waals surface area contributed by atoms with E-state index in [0.717, 1.165) is 6.54 Å². The molecule has 2 rings (SSSR count). The maximum absolute atomic E-state index is 3.68. The molecule has 0 unspecified atom stereocenters. The molecule has 0 amide bonds. The molecule has 0 atom stereocenters. The summed E-state index contributed by atoms with van der Waals surface area (Å²) in [5.41, 5.74) is 2.65. The molecule has 0 spiro atoms. The number of hydrogen-bond acceptors (Lipinski definition) is 0. The van der Waals surface area contributed by atoms with E-state index in [2.05, 4.69) is 75.5 Å². The molecule has 86 valence electrons. The van der Waals surface area contributed by atoms with Gasteiger partial charge in [-0.3, -0.25) is 0 Å². The predicted molar refractivity (Wildman–Crippen MR) is 77.1 cm³/mol. The smallest absolute Gasteiger partial charge is 0.0636 e. The van der Waals surface area contributed by atoms with Gasteiger partial charge in [0.05, 0.1) is 5.52 Å². The lowest BCUT2D eigenvalue weighted by molar-refractivity contribution is 0.794. The predicted octanol–water partition coefficient (Wildman–Crippen LogP) is 5.31. The number of rotatable bonds is 2. The lowest BCUT2D eigenvalue weighted by Crippen LogP contribution is -1.93. The Morgan fingerprint density at radius 1 is 1.19 bits per heavy atom. The summed E-state index contributed by atoms with van der Waals surface area (Å²) in [5.74, 6) is 0.553. The fourth-order valence-corrected chi connectivity index (χ4v) is 3.20. The van der Waals surface area contributed by atoms with Crippen molar-refractivity contribution in [3.63, 3.8) is 0 Å². The van der Waals surface area contributed by atoms with Gasteiger partial charge in [-0.25, -0.2) is 0 Å². The average Bonchev–Trinajstić information content (AvgIpc) is 2.56. The van der Waals surface area contributed by atoms with Gasteiger partial charge in [-0.15, -0.1) is 0 Å². The normalized spacial score (nSPS) is 11.6. The Hall–Kier alpha value is -0.280. The van der Waals surface area contributed by atoms with Crippen molar-refractivity contribution in [2.45, 2.75) is 33.2 Å². The highest BCUT2D eigenvalue weighted by atomic mass is 79.9. The molecule has 0 aliphatic rings. The van der Waals surface area contributed by atoms with Gasteiger partial charge in [0.1, 0.15) is 0 Å². The van der Waals surface area contributed by atoms with E-state index in [1.54, 1.807) is 0 Å². The molecule has 0 saturated carbocycles. The van der Waals surface area contributed by atoms with Crippen LogP contribution in [-0.4, -0.2) is 4.57 Å². The molecule has 0 radical (unpaired) electrons. The van der Waals surface area contributed by atoms with E-state index < -0.39 is 0 Å². The number of hydrogen-bond donors (Lipinski definition) is 0. The summed E-state index contributed by atoms with van der Waals surface area (Å²) >= 11 is 7.31. The molecule has 1 aromatic heterocycles. The van der Waals surface area contributed by atoms with Gasteiger partial charge in [0, 0.05) is 27.1 Å². The van der Waals surface area contributed by atoms with Crippen LogP contribution in [0.25, 0.3) is 10.9 Å². The summed E-state index contributed by atoms with van der Waals surface area (Å²) < 4.78 is 4.61. The van der Waals surface area contributed by atoms with Crippen LogP contribution >= 0.6 is 31.9 Å². The SMILES string of the molecule is CCn1cc(Br)c2cc(C(C)C)cc(Br)c21. The molecular formula is C13H15Br2N. The van der Waals surface area contributed by atoms with Crippen molar-refractivity contribution in [1.29, 1.82) is 0 Å². The zero-order valence-electron chi connectivity index (χ0n) is 9.72. The summed E-state index contributed by atoms with van der Waals surface area (Å²) in [6, 6.07) is 4.51. The van der Waals surface area contributed by atoms with Gasteiger partial charge in [-0.1, -0.05) is 13.8 Å². The van der Waals surface area contributed by atoms with Crippen LogP contribution < -0.4 is 0 Å². The topological polar surface area (TPSA) is 4.93 Å². The second-order valence-electron chi connectivity index (χ2n) is 4.32.